The Morgan fingerprint density at radius 2 is 1.74 bits per heavy atom. The van der Waals surface area contributed by atoms with Crippen molar-refractivity contribution in [3.63, 3.8) is 0 Å². The van der Waals surface area contributed by atoms with Crippen molar-refractivity contribution in [3.8, 4) is 0 Å². The molecule has 1 atom stereocenters. The third-order valence-electron chi connectivity index (χ3n) is 3.44. The zero-order chi connectivity index (χ0) is 13.4. The van der Waals surface area contributed by atoms with E-state index in [0.717, 1.165) is 10.5 Å². The van der Waals surface area contributed by atoms with Gasteiger partial charge in [0, 0.05) is 22.1 Å². The fourth-order valence-electron chi connectivity index (χ4n) is 2.65. The van der Waals surface area contributed by atoms with E-state index in [1.54, 1.807) is 0 Å². The summed E-state index contributed by atoms with van der Waals surface area (Å²) in [6.07, 6.45) is 0.602. The summed E-state index contributed by atoms with van der Waals surface area (Å²) >= 11 is 1.81. The fourth-order valence-corrected chi connectivity index (χ4v) is 3.93. The molecule has 1 aliphatic rings. The van der Waals surface area contributed by atoms with Crippen LogP contribution in [-0.4, -0.2) is 5.78 Å². The van der Waals surface area contributed by atoms with Crippen LogP contribution in [0, 0.1) is 13.8 Å². The molecule has 0 aliphatic carbocycles. The summed E-state index contributed by atoms with van der Waals surface area (Å²) in [4.78, 5) is 13.3. The number of benzene rings is 2. The van der Waals surface area contributed by atoms with Gasteiger partial charge in [-0.05, 0) is 25.5 Å². The molecule has 1 aliphatic heterocycles. The standard InChI is InChI=1S/C17H16OS/c1-11-7-12(2)9-13(8-11)17-10-15(18)14-5-3-4-6-16(14)19-17/h3-9,17H,10H2,1-2H3. The Bertz CT molecular complexity index is 625. The van der Waals surface area contributed by atoms with Gasteiger partial charge in [0.05, 0.1) is 0 Å². The van der Waals surface area contributed by atoms with Crippen LogP contribution in [0.4, 0.5) is 0 Å². The fraction of sp³-hybridized carbons (Fsp3) is 0.235. The molecule has 96 valence electrons. The van der Waals surface area contributed by atoms with Crippen LogP contribution in [0.15, 0.2) is 47.4 Å². The Kier molecular flexibility index (Phi) is 3.19. The first-order valence-corrected chi connectivity index (χ1v) is 7.38. The quantitative estimate of drug-likeness (QED) is 0.744. The number of ketones is 1. The molecule has 0 aromatic heterocycles. The second kappa shape index (κ2) is 4.86. The van der Waals surface area contributed by atoms with Gasteiger partial charge in [-0.2, -0.15) is 0 Å². The molecule has 3 rings (SSSR count). The predicted octanol–water partition coefficient (Wildman–Crippen LogP) is 4.72. The number of aryl methyl sites for hydroxylation is 2. The zero-order valence-corrected chi connectivity index (χ0v) is 12.0. The average Bonchev–Trinajstić information content (AvgIpc) is 2.37. The van der Waals surface area contributed by atoms with E-state index in [0.29, 0.717) is 6.42 Å². The SMILES string of the molecule is Cc1cc(C)cc(C2CC(=O)c3ccccc3S2)c1. The van der Waals surface area contributed by atoms with Crippen LogP contribution in [0.25, 0.3) is 0 Å². The Morgan fingerprint density at radius 1 is 1.05 bits per heavy atom. The minimum absolute atomic E-state index is 0.251. The molecular weight excluding hydrogens is 252 g/mol. The van der Waals surface area contributed by atoms with Gasteiger partial charge < -0.3 is 0 Å². The maximum absolute atomic E-state index is 12.2. The molecule has 0 radical (unpaired) electrons. The van der Waals surface area contributed by atoms with E-state index < -0.39 is 0 Å². The highest BCUT2D eigenvalue weighted by molar-refractivity contribution is 7.99. The number of thioether (sulfide) groups is 1. The molecule has 2 heteroatoms. The van der Waals surface area contributed by atoms with Crippen molar-refractivity contribution >= 4 is 17.5 Å². The number of hydrogen-bond donors (Lipinski definition) is 0. The highest BCUT2D eigenvalue weighted by Gasteiger charge is 2.26. The predicted molar refractivity (Wildman–Crippen MR) is 79.9 cm³/mol. The number of rotatable bonds is 1. The van der Waals surface area contributed by atoms with E-state index in [1.165, 1.54) is 16.7 Å². The summed E-state index contributed by atoms with van der Waals surface area (Å²) in [7, 11) is 0. The summed E-state index contributed by atoms with van der Waals surface area (Å²) in [5, 5.41) is 0.251. The van der Waals surface area contributed by atoms with E-state index >= 15 is 0 Å². The van der Waals surface area contributed by atoms with Crippen LogP contribution in [0.2, 0.25) is 0 Å². The van der Waals surface area contributed by atoms with E-state index in [4.69, 9.17) is 0 Å². The summed E-state index contributed by atoms with van der Waals surface area (Å²) in [6.45, 7) is 4.22. The van der Waals surface area contributed by atoms with Crippen LogP contribution in [0.5, 0.6) is 0 Å². The van der Waals surface area contributed by atoms with E-state index in [1.807, 2.05) is 36.0 Å². The highest BCUT2D eigenvalue weighted by atomic mass is 32.2. The molecule has 0 amide bonds. The van der Waals surface area contributed by atoms with E-state index in [2.05, 4.69) is 32.0 Å². The van der Waals surface area contributed by atoms with Crippen LogP contribution in [0.1, 0.15) is 38.7 Å². The van der Waals surface area contributed by atoms with Crippen molar-refractivity contribution < 1.29 is 4.79 Å². The van der Waals surface area contributed by atoms with Gasteiger partial charge >= 0.3 is 0 Å². The average molecular weight is 268 g/mol. The number of hydrogen-bond acceptors (Lipinski definition) is 2. The maximum atomic E-state index is 12.2. The molecule has 0 N–H and O–H groups in total. The van der Waals surface area contributed by atoms with Gasteiger partial charge in [0.1, 0.15) is 0 Å². The van der Waals surface area contributed by atoms with Gasteiger partial charge in [-0.3, -0.25) is 4.79 Å². The third kappa shape index (κ3) is 2.45. The lowest BCUT2D eigenvalue weighted by Gasteiger charge is -2.24. The second-order valence-corrected chi connectivity index (χ2v) is 6.40. The zero-order valence-electron chi connectivity index (χ0n) is 11.1. The van der Waals surface area contributed by atoms with Crippen molar-refractivity contribution in [1.82, 2.24) is 0 Å². The Hall–Kier alpha value is -1.54. The molecule has 2 aromatic rings. The summed E-state index contributed by atoms with van der Waals surface area (Å²) in [6, 6.07) is 14.5. The Balaban J connectivity index is 1.99. The molecule has 2 aromatic carbocycles. The van der Waals surface area contributed by atoms with Gasteiger partial charge in [0.2, 0.25) is 0 Å². The highest BCUT2D eigenvalue weighted by Crippen LogP contribution is 2.44. The summed E-state index contributed by atoms with van der Waals surface area (Å²) in [5.74, 6) is 0.263. The van der Waals surface area contributed by atoms with Crippen LogP contribution < -0.4 is 0 Å². The lowest BCUT2D eigenvalue weighted by atomic mass is 9.99. The molecule has 1 heterocycles. The van der Waals surface area contributed by atoms with Crippen molar-refractivity contribution in [2.75, 3.05) is 0 Å². The molecule has 0 spiro atoms. The summed E-state index contributed by atoms with van der Waals surface area (Å²) < 4.78 is 0. The molecule has 0 saturated heterocycles. The van der Waals surface area contributed by atoms with Crippen molar-refractivity contribution in [2.45, 2.75) is 30.4 Å². The molecule has 19 heavy (non-hydrogen) atoms. The second-order valence-electron chi connectivity index (χ2n) is 5.15. The van der Waals surface area contributed by atoms with Gasteiger partial charge in [0.25, 0.3) is 0 Å². The monoisotopic (exact) mass is 268 g/mol. The molecule has 1 unspecified atom stereocenters. The Labute approximate surface area is 118 Å². The first-order chi connectivity index (χ1) is 9.13. The molecular formula is C17H16OS. The molecule has 0 saturated carbocycles. The molecule has 0 fully saturated rings. The lowest BCUT2D eigenvalue weighted by Crippen LogP contribution is -2.12. The minimum Gasteiger partial charge on any atom is -0.294 e. The van der Waals surface area contributed by atoms with Crippen LogP contribution >= 0.6 is 11.8 Å². The Morgan fingerprint density at radius 3 is 2.47 bits per heavy atom. The van der Waals surface area contributed by atoms with Gasteiger partial charge in [-0.1, -0.05) is 47.5 Å². The van der Waals surface area contributed by atoms with Crippen molar-refractivity contribution in [2.24, 2.45) is 0 Å². The number of carbonyl (C=O) groups excluding carboxylic acids is 1. The largest absolute Gasteiger partial charge is 0.294 e. The topological polar surface area (TPSA) is 17.1 Å². The van der Waals surface area contributed by atoms with Crippen molar-refractivity contribution in [3.05, 3.63) is 64.7 Å². The van der Waals surface area contributed by atoms with Crippen LogP contribution in [0.3, 0.4) is 0 Å². The van der Waals surface area contributed by atoms with Gasteiger partial charge in [-0.15, -0.1) is 11.8 Å². The number of carbonyl (C=O) groups is 1. The molecule has 1 nitrogen and oxygen atoms in total. The first-order valence-electron chi connectivity index (χ1n) is 6.50. The lowest BCUT2D eigenvalue weighted by molar-refractivity contribution is 0.0976. The third-order valence-corrected chi connectivity index (χ3v) is 4.78. The number of fused-ring (bicyclic) bond motifs is 1. The number of Topliss-reactive ketones (excluding diaryl/α,β-unsaturated/α-hetero) is 1. The minimum atomic E-state index is 0.251. The van der Waals surface area contributed by atoms with E-state index in [-0.39, 0.29) is 11.0 Å². The first kappa shape index (κ1) is 12.5. The van der Waals surface area contributed by atoms with Gasteiger partial charge in [-0.25, -0.2) is 0 Å². The smallest absolute Gasteiger partial charge is 0.165 e. The maximum Gasteiger partial charge on any atom is 0.165 e. The van der Waals surface area contributed by atoms with Crippen LogP contribution in [-0.2, 0) is 0 Å². The van der Waals surface area contributed by atoms with E-state index in [9.17, 15) is 4.79 Å². The summed E-state index contributed by atoms with van der Waals surface area (Å²) in [5.41, 5.74) is 4.68. The molecule has 0 bridgehead atoms. The normalized spacial score (nSPS) is 18.2. The van der Waals surface area contributed by atoms with Crippen molar-refractivity contribution in [1.29, 1.82) is 0 Å². The van der Waals surface area contributed by atoms with Gasteiger partial charge in [0.15, 0.2) is 5.78 Å².